The number of nitrogens with one attached hydrogen (secondary N) is 7. The molecule has 20 heteroatoms. The van der Waals surface area contributed by atoms with Crippen LogP contribution >= 0.6 is 0 Å². The Morgan fingerprint density at radius 1 is 0.791 bits per heavy atom. The van der Waals surface area contributed by atoms with Crippen LogP contribution in [-0.2, 0) is 46.4 Å². The van der Waals surface area contributed by atoms with E-state index in [1.165, 1.54) is 17.0 Å². The largest absolute Gasteiger partial charge is 0.508 e. The summed E-state index contributed by atoms with van der Waals surface area (Å²) >= 11 is 0. The number of aromatic hydroxyl groups is 1. The summed E-state index contributed by atoms with van der Waals surface area (Å²) in [7, 11) is 0. The van der Waals surface area contributed by atoms with E-state index in [1.807, 2.05) is 52.0 Å². The number of aromatic nitrogens is 1. The second-order valence-electron chi connectivity index (χ2n) is 17.7. The van der Waals surface area contributed by atoms with Crippen LogP contribution in [0, 0.1) is 11.8 Å². The van der Waals surface area contributed by atoms with Gasteiger partial charge in [0.15, 0.2) is 5.96 Å². The van der Waals surface area contributed by atoms with Gasteiger partial charge in [0.25, 0.3) is 0 Å². The van der Waals surface area contributed by atoms with E-state index >= 15 is 0 Å². The van der Waals surface area contributed by atoms with Crippen LogP contribution in [-0.4, -0.2) is 130 Å². The Labute approximate surface area is 391 Å². The van der Waals surface area contributed by atoms with Crippen molar-refractivity contribution < 1.29 is 43.8 Å². The number of phenols is 1. The van der Waals surface area contributed by atoms with E-state index in [-0.39, 0.29) is 68.1 Å². The molecule has 0 spiro atoms. The predicted molar refractivity (Wildman–Crippen MR) is 253 cm³/mol. The third-order valence-electron chi connectivity index (χ3n) is 11.3. The number of carbonyl (C=O) groups excluding carboxylic acids is 7. The van der Waals surface area contributed by atoms with Crippen LogP contribution < -0.4 is 43.4 Å². The van der Waals surface area contributed by atoms with Crippen molar-refractivity contribution in [2.75, 3.05) is 26.2 Å². The number of aliphatic hydroxyl groups excluding tert-OH is 1. The first-order valence-corrected chi connectivity index (χ1v) is 23.0. The number of hydrogen-bond donors (Lipinski definition) is 11. The van der Waals surface area contributed by atoms with E-state index in [1.54, 1.807) is 25.3 Å². The third kappa shape index (κ3) is 16.3. The number of carbonyl (C=O) groups is 7. The van der Waals surface area contributed by atoms with Crippen LogP contribution in [0.5, 0.6) is 5.75 Å². The van der Waals surface area contributed by atoms with Gasteiger partial charge >= 0.3 is 0 Å². The number of likely N-dealkylation sites (N-methyl/N-ethyl adjacent to an activating group) is 1. The summed E-state index contributed by atoms with van der Waals surface area (Å²) in [5, 5.41) is 37.3. The highest BCUT2D eigenvalue weighted by Gasteiger charge is 2.39. The van der Waals surface area contributed by atoms with E-state index in [4.69, 9.17) is 11.5 Å². The maximum Gasteiger partial charge on any atom is 0.245 e. The van der Waals surface area contributed by atoms with E-state index in [9.17, 15) is 43.8 Å². The minimum absolute atomic E-state index is 0.0260. The number of benzene rings is 2. The highest BCUT2D eigenvalue weighted by Crippen LogP contribution is 2.21. The smallest absolute Gasteiger partial charge is 0.245 e. The fourth-order valence-electron chi connectivity index (χ4n) is 8.02. The van der Waals surface area contributed by atoms with Gasteiger partial charge in [0, 0.05) is 43.2 Å². The van der Waals surface area contributed by atoms with E-state index in [0.717, 1.165) is 10.9 Å². The molecule has 1 fully saturated rings. The predicted octanol–water partition coefficient (Wildman–Crippen LogP) is 0.348. The van der Waals surface area contributed by atoms with Gasteiger partial charge in [-0.3, -0.25) is 38.6 Å². The first-order chi connectivity index (χ1) is 31.9. The number of aliphatic imine (C=N–C) groups is 1. The number of amides is 7. The number of nitrogens with zero attached hydrogens (tertiary/aromatic N) is 2. The summed E-state index contributed by atoms with van der Waals surface area (Å²) in [5.41, 5.74) is 13.1. The van der Waals surface area contributed by atoms with E-state index in [0.29, 0.717) is 43.5 Å². The monoisotopic (exact) mass is 932 g/mol. The summed E-state index contributed by atoms with van der Waals surface area (Å²) in [4.78, 5) is 105. The molecule has 3 aromatic rings. The van der Waals surface area contributed by atoms with Crippen molar-refractivity contribution in [3.63, 3.8) is 0 Å². The van der Waals surface area contributed by atoms with Gasteiger partial charge in [0.05, 0.1) is 13.0 Å². The number of H-pyrrole nitrogens is 1. The van der Waals surface area contributed by atoms with Crippen LogP contribution in [0.2, 0.25) is 0 Å². The lowest BCUT2D eigenvalue weighted by molar-refractivity contribution is -0.142. The summed E-state index contributed by atoms with van der Waals surface area (Å²) < 4.78 is 0. The Bertz CT molecular complexity index is 2190. The second-order valence-corrected chi connectivity index (χ2v) is 17.7. The van der Waals surface area contributed by atoms with Gasteiger partial charge in [-0.25, -0.2) is 0 Å². The molecule has 4 rings (SSSR count). The number of likely N-dealkylation sites (tertiary alicyclic amines) is 1. The molecule has 0 bridgehead atoms. The molecule has 2 heterocycles. The maximum absolute atomic E-state index is 14.3. The average Bonchev–Trinajstić information content (AvgIpc) is 3.94. The lowest BCUT2D eigenvalue weighted by Gasteiger charge is -2.31. The zero-order valence-electron chi connectivity index (χ0n) is 39.1. The zero-order valence-corrected chi connectivity index (χ0v) is 39.1. The van der Waals surface area contributed by atoms with Crippen LogP contribution in [0.1, 0.15) is 84.3 Å². The van der Waals surface area contributed by atoms with E-state index < -0.39 is 78.3 Å². The first-order valence-electron chi connectivity index (χ1n) is 23.0. The summed E-state index contributed by atoms with van der Waals surface area (Å²) in [5.74, 6) is -4.67. The molecule has 67 heavy (non-hydrogen) atoms. The molecule has 0 unspecified atom stereocenters. The molecule has 13 N–H and O–H groups in total. The molecule has 366 valence electrons. The fourth-order valence-corrected chi connectivity index (χ4v) is 8.02. The van der Waals surface area contributed by atoms with Crippen LogP contribution in [0.15, 0.2) is 59.7 Å². The molecule has 1 aliphatic rings. The third-order valence-corrected chi connectivity index (χ3v) is 11.3. The zero-order chi connectivity index (χ0) is 49.2. The summed E-state index contributed by atoms with van der Waals surface area (Å²) in [6, 6.07) is 6.41. The number of guanidine groups is 1. The minimum atomic E-state index is -1.44. The van der Waals surface area contributed by atoms with Crippen molar-refractivity contribution in [3.8, 4) is 5.75 Å². The van der Waals surface area contributed by atoms with Gasteiger partial charge in [-0.1, -0.05) is 58.0 Å². The Morgan fingerprint density at radius 2 is 1.37 bits per heavy atom. The molecule has 1 aliphatic heterocycles. The quantitative estimate of drug-likeness (QED) is 0.0313. The van der Waals surface area contributed by atoms with Crippen molar-refractivity contribution in [1.82, 2.24) is 41.8 Å². The average molecular weight is 932 g/mol. The number of aromatic amines is 1. The second kappa shape index (κ2) is 25.9. The molecule has 2 aromatic carbocycles. The molecule has 1 aromatic heterocycles. The molecule has 20 nitrogen and oxygen atoms in total. The number of nitrogens with two attached hydrogens (primary N) is 2. The standard InChI is InChI=1S/C47H69N11O9/c1-6-50-45(66)39-14-10-20-58(39)46(67)34(13-9-19-51-47(48)49)54-41(62)35(21-27(2)3)55-42(63)36(22-28(4)5)56-43(64)37(23-29-15-17-31(60)18-16-29)57-44(65)38(26-59)53-40(61)24-30-25-52-33-12-8-7-11-32(30)33/h7-8,11-12,15-18,25,27-28,34-39,52,59-60H,6,9-10,13-14,19-24,26H2,1-5H3,(H,50,66)(H,53,61)(H,54,62)(H,55,63)(H,56,64)(H,57,65)(H4,48,49,51)/t34-,35-,36+,37-,38-,39-/m0/s1. The lowest BCUT2D eigenvalue weighted by atomic mass is 9.98. The minimum Gasteiger partial charge on any atom is -0.508 e. The molecular formula is C47H69N11O9. The first kappa shape index (κ1) is 52.9. The van der Waals surface area contributed by atoms with Gasteiger partial charge in [0.1, 0.15) is 42.0 Å². The Hall–Kier alpha value is -6.70. The Kier molecular flexibility index (Phi) is 20.4. The Balaban J connectivity index is 1.53. The normalized spacial score (nSPS) is 15.8. The van der Waals surface area contributed by atoms with Gasteiger partial charge in [-0.05, 0) is 86.6 Å². The Morgan fingerprint density at radius 3 is 1.97 bits per heavy atom. The van der Waals surface area contributed by atoms with Crippen molar-refractivity contribution in [1.29, 1.82) is 0 Å². The molecule has 7 amide bonds. The highest BCUT2D eigenvalue weighted by atomic mass is 16.3. The molecule has 1 saturated heterocycles. The van der Waals surface area contributed by atoms with E-state index in [2.05, 4.69) is 41.9 Å². The molecule has 0 saturated carbocycles. The number of rotatable bonds is 25. The molecule has 0 aliphatic carbocycles. The van der Waals surface area contributed by atoms with Gasteiger partial charge in [0.2, 0.25) is 41.4 Å². The van der Waals surface area contributed by atoms with Crippen molar-refractivity contribution in [2.45, 2.75) is 122 Å². The van der Waals surface area contributed by atoms with Crippen molar-refractivity contribution in [2.24, 2.45) is 28.3 Å². The fraction of sp³-hybridized carbons (Fsp3) is 0.532. The number of fused-ring (bicyclic) bond motifs is 1. The van der Waals surface area contributed by atoms with Crippen LogP contribution in [0.25, 0.3) is 10.9 Å². The number of para-hydroxylation sites is 1. The van der Waals surface area contributed by atoms with Crippen LogP contribution in [0.4, 0.5) is 0 Å². The van der Waals surface area contributed by atoms with Crippen molar-refractivity contribution >= 4 is 58.2 Å². The number of aliphatic hydroxyl groups is 1. The molecule has 0 radical (unpaired) electrons. The van der Waals surface area contributed by atoms with Crippen LogP contribution in [0.3, 0.4) is 0 Å². The maximum atomic E-state index is 14.3. The molecule has 6 atom stereocenters. The lowest BCUT2D eigenvalue weighted by Crippen LogP contribution is -2.60. The van der Waals surface area contributed by atoms with Crippen molar-refractivity contribution in [3.05, 3.63) is 65.9 Å². The SMILES string of the molecule is CCNC(=O)[C@@H]1CCCN1C(=O)[C@H](CCCN=C(N)N)NC(=O)[C@H](CC(C)C)NC(=O)[C@@H](CC(C)C)NC(=O)[C@H](Cc1ccc(O)cc1)NC(=O)[C@H](CO)NC(=O)Cc1c[nH]c2ccccc12. The number of hydrogen-bond acceptors (Lipinski definition) is 10. The van der Waals surface area contributed by atoms with Gasteiger partial charge < -0.3 is 63.5 Å². The topological polar surface area (TPSA) is 316 Å². The van der Waals surface area contributed by atoms with Gasteiger partial charge in [-0.2, -0.15) is 0 Å². The summed E-state index contributed by atoms with van der Waals surface area (Å²) in [6.07, 6.45) is 3.28. The highest BCUT2D eigenvalue weighted by molar-refractivity contribution is 5.98. The molecular weight excluding hydrogens is 863 g/mol. The van der Waals surface area contributed by atoms with Gasteiger partial charge in [-0.15, -0.1) is 0 Å². The summed E-state index contributed by atoms with van der Waals surface area (Å²) in [6.45, 7) is 9.29. The number of phenolic OH excluding ortho intramolecular Hbond substituents is 1.